The van der Waals surface area contributed by atoms with Crippen molar-refractivity contribution in [2.75, 3.05) is 0 Å². The number of hydrogen-bond acceptors (Lipinski definition) is 2. The van der Waals surface area contributed by atoms with E-state index in [1.165, 1.54) is 0 Å². The Bertz CT molecular complexity index is 326. The van der Waals surface area contributed by atoms with Crippen molar-refractivity contribution in [3.63, 3.8) is 0 Å². The minimum absolute atomic E-state index is 0.300. The highest BCUT2D eigenvalue weighted by Gasteiger charge is 2.15. The van der Waals surface area contributed by atoms with Gasteiger partial charge >= 0.3 is 5.97 Å². The molecule has 0 heterocycles. The summed E-state index contributed by atoms with van der Waals surface area (Å²) < 4.78 is -0.300. The molecule has 0 aliphatic rings. The number of carboxylic acid groups (broad SMARTS) is 1. The zero-order valence-corrected chi connectivity index (χ0v) is 8.51. The number of carbonyl (C=O) groups is 1. The summed E-state index contributed by atoms with van der Waals surface area (Å²) in [6, 6.07) is 6.83. The van der Waals surface area contributed by atoms with E-state index in [0.29, 0.717) is 5.56 Å². The van der Waals surface area contributed by atoms with Gasteiger partial charge in [-0.3, -0.25) is 0 Å². The lowest BCUT2D eigenvalue weighted by Crippen LogP contribution is -2.09. The molecule has 0 unspecified atom stereocenters. The average molecular weight is 196 g/mol. The van der Waals surface area contributed by atoms with Gasteiger partial charge in [-0.2, -0.15) is 12.6 Å². The van der Waals surface area contributed by atoms with Crippen molar-refractivity contribution in [1.82, 2.24) is 0 Å². The Hall–Kier alpha value is -0.960. The summed E-state index contributed by atoms with van der Waals surface area (Å²) in [6.45, 7) is 3.86. The van der Waals surface area contributed by atoms with Gasteiger partial charge in [-0.05, 0) is 31.5 Å². The van der Waals surface area contributed by atoms with E-state index in [1.54, 1.807) is 18.2 Å². The van der Waals surface area contributed by atoms with Crippen LogP contribution in [0.2, 0.25) is 0 Å². The first-order valence-corrected chi connectivity index (χ1v) is 4.42. The van der Waals surface area contributed by atoms with Crippen molar-refractivity contribution in [2.24, 2.45) is 0 Å². The first-order chi connectivity index (χ1) is 5.91. The summed E-state index contributed by atoms with van der Waals surface area (Å²) in [5, 5.41) is 8.75. The summed E-state index contributed by atoms with van der Waals surface area (Å²) in [6.07, 6.45) is 0. The van der Waals surface area contributed by atoms with Crippen LogP contribution in [0.1, 0.15) is 29.8 Å². The quantitative estimate of drug-likeness (QED) is 0.713. The van der Waals surface area contributed by atoms with Crippen LogP contribution in [-0.4, -0.2) is 11.1 Å². The lowest BCUT2D eigenvalue weighted by atomic mass is 10.00. The third-order valence-corrected chi connectivity index (χ3v) is 2.07. The van der Waals surface area contributed by atoms with Gasteiger partial charge in [0.1, 0.15) is 0 Å². The molecule has 0 saturated heterocycles. The van der Waals surface area contributed by atoms with Crippen LogP contribution >= 0.6 is 12.6 Å². The highest BCUT2D eigenvalue weighted by Crippen LogP contribution is 2.27. The van der Waals surface area contributed by atoms with Crippen LogP contribution in [0.4, 0.5) is 0 Å². The Morgan fingerprint density at radius 1 is 1.46 bits per heavy atom. The fraction of sp³-hybridized carbons (Fsp3) is 0.300. The third-order valence-electron chi connectivity index (χ3n) is 1.82. The Morgan fingerprint density at radius 2 is 2.08 bits per heavy atom. The predicted molar refractivity (Wildman–Crippen MR) is 55.4 cm³/mol. The van der Waals surface area contributed by atoms with E-state index in [4.69, 9.17) is 5.11 Å². The maximum absolute atomic E-state index is 10.7. The average Bonchev–Trinajstić information content (AvgIpc) is 2.03. The van der Waals surface area contributed by atoms with Gasteiger partial charge < -0.3 is 5.11 Å². The van der Waals surface area contributed by atoms with E-state index in [2.05, 4.69) is 12.6 Å². The molecule has 1 aromatic rings. The lowest BCUT2D eigenvalue weighted by Gasteiger charge is -2.17. The van der Waals surface area contributed by atoms with Crippen LogP contribution in [-0.2, 0) is 4.75 Å². The Kier molecular flexibility index (Phi) is 2.66. The molecule has 1 N–H and O–H groups in total. The summed E-state index contributed by atoms with van der Waals surface area (Å²) in [5.41, 5.74) is 1.22. The second-order valence-corrected chi connectivity index (χ2v) is 4.56. The summed E-state index contributed by atoms with van der Waals surface area (Å²) in [7, 11) is 0. The molecule has 0 saturated carbocycles. The highest BCUT2D eigenvalue weighted by atomic mass is 32.1. The molecule has 0 aliphatic heterocycles. The number of thiol groups is 1. The highest BCUT2D eigenvalue weighted by molar-refractivity contribution is 7.81. The van der Waals surface area contributed by atoms with Crippen LogP contribution in [0.3, 0.4) is 0 Å². The van der Waals surface area contributed by atoms with Gasteiger partial charge in [0.05, 0.1) is 5.56 Å². The SMILES string of the molecule is CC(C)(S)c1cccc(C(=O)O)c1. The van der Waals surface area contributed by atoms with Crippen LogP contribution in [0.5, 0.6) is 0 Å². The number of hydrogen-bond donors (Lipinski definition) is 2. The lowest BCUT2D eigenvalue weighted by molar-refractivity contribution is 0.0697. The first-order valence-electron chi connectivity index (χ1n) is 3.97. The minimum atomic E-state index is -0.903. The van der Waals surface area contributed by atoms with Crippen molar-refractivity contribution in [3.05, 3.63) is 35.4 Å². The van der Waals surface area contributed by atoms with E-state index in [9.17, 15) is 4.79 Å². The summed E-state index contributed by atoms with van der Waals surface area (Å²) in [5.74, 6) is -0.903. The summed E-state index contributed by atoms with van der Waals surface area (Å²) in [4.78, 5) is 10.7. The smallest absolute Gasteiger partial charge is 0.335 e. The standard InChI is InChI=1S/C10H12O2S/c1-10(2,13)8-5-3-4-7(6-8)9(11)12/h3-6,13H,1-2H3,(H,11,12). The molecule has 13 heavy (non-hydrogen) atoms. The molecule has 0 aliphatic carbocycles. The summed E-state index contributed by atoms with van der Waals surface area (Å²) >= 11 is 4.37. The monoisotopic (exact) mass is 196 g/mol. The van der Waals surface area contributed by atoms with E-state index in [1.807, 2.05) is 19.9 Å². The number of benzene rings is 1. The molecular weight excluding hydrogens is 184 g/mol. The molecule has 70 valence electrons. The molecule has 0 fully saturated rings. The Labute approximate surface area is 83.0 Å². The van der Waals surface area contributed by atoms with Gasteiger partial charge in [0.15, 0.2) is 0 Å². The molecule has 0 bridgehead atoms. The van der Waals surface area contributed by atoms with Crippen molar-refractivity contribution in [3.8, 4) is 0 Å². The van der Waals surface area contributed by atoms with Crippen LogP contribution < -0.4 is 0 Å². The van der Waals surface area contributed by atoms with Gasteiger partial charge in [0.2, 0.25) is 0 Å². The number of aromatic carboxylic acids is 1. The van der Waals surface area contributed by atoms with E-state index < -0.39 is 5.97 Å². The molecule has 3 heteroatoms. The first kappa shape index (κ1) is 10.1. The second kappa shape index (κ2) is 3.42. The fourth-order valence-electron chi connectivity index (χ4n) is 1.03. The maximum Gasteiger partial charge on any atom is 0.335 e. The molecule has 0 radical (unpaired) electrons. The van der Waals surface area contributed by atoms with Crippen LogP contribution in [0, 0.1) is 0 Å². The largest absolute Gasteiger partial charge is 0.478 e. The molecule has 1 rings (SSSR count). The van der Waals surface area contributed by atoms with Gasteiger partial charge in [-0.25, -0.2) is 4.79 Å². The topological polar surface area (TPSA) is 37.3 Å². The normalized spacial score (nSPS) is 11.3. The minimum Gasteiger partial charge on any atom is -0.478 e. The molecule has 0 amide bonds. The second-order valence-electron chi connectivity index (χ2n) is 3.44. The molecule has 0 aromatic heterocycles. The molecule has 2 nitrogen and oxygen atoms in total. The van der Waals surface area contributed by atoms with Gasteiger partial charge in [0, 0.05) is 4.75 Å². The van der Waals surface area contributed by atoms with E-state index >= 15 is 0 Å². The molecule has 0 atom stereocenters. The maximum atomic E-state index is 10.7. The fourth-order valence-corrected chi connectivity index (χ4v) is 1.17. The van der Waals surface area contributed by atoms with Gasteiger partial charge in [-0.15, -0.1) is 0 Å². The van der Waals surface area contributed by atoms with Crippen LogP contribution in [0.25, 0.3) is 0 Å². The van der Waals surface area contributed by atoms with Crippen molar-refractivity contribution < 1.29 is 9.90 Å². The van der Waals surface area contributed by atoms with Gasteiger partial charge in [-0.1, -0.05) is 12.1 Å². The Morgan fingerprint density at radius 3 is 2.54 bits per heavy atom. The third kappa shape index (κ3) is 2.49. The zero-order valence-electron chi connectivity index (χ0n) is 7.61. The molecular formula is C10H12O2S. The van der Waals surface area contributed by atoms with E-state index in [0.717, 1.165) is 5.56 Å². The number of rotatable bonds is 2. The Balaban J connectivity index is 3.13. The predicted octanol–water partition coefficient (Wildman–Crippen LogP) is 2.55. The number of carboxylic acids is 1. The van der Waals surface area contributed by atoms with E-state index in [-0.39, 0.29) is 4.75 Å². The van der Waals surface area contributed by atoms with Crippen molar-refractivity contribution in [1.29, 1.82) is 0 Å². The molecule has 0 spiro atoms. The van der Waals surface area contributed by atoms with Crippen LogP contribution in [0.15, 0.2) is 24.3 Å². The van der Waals surface area contributed by atoms with Gasteiger partial charge in [0.25, 0.3) is 0 Å². The van der Waals surface area contributed by atoms with Crippen molar-refractivity contribution >= 4 is 18.6 Å². The molecule has 1 aromatic carbocycles. The zero-order chi connectivity index (χ0) is 10.1. The van der Waals surface area contributed by atoms with Crippen molar-refractivity contribution in [2.45, 2.75) is 18.6 Å².